The fraction of sp³-hybridized carbons (Fsp3) is 0.385. The third-order valence-corrected chi connectivity index (χ3v) is 3.73. The number of thioether (sulfide) groups is 1. The van der Waals surface area contributed by atoms with Crippen LogP contribution in [0.4, 0.5) is 0 Å². The Labute approximate surface area is 111 Å². The number of nitrogens with one attached hydrogen (secondary N) is 1. The first-order valence-corrected chi connectivity index (χ1v) is 6.86. The molecule has 0 spiro atoms. The maximum Gasteiger partial charge on any atom is 0.246 e. The van der Waals surface area contributed by atoms with Gasteiger partial charge in [-0.25, -0.2) is 0 Å². The van der Waals surface area contributed by atoms with E-state index in [1.54, 1.807) is 18.7 Å². The lowest BCUT2D eigenvalue weighted by Gasteiger charge is -2.12. The number of aliphatic hydroxyl groups excluding tert-OH is 1. The average Bonchev–Trinajstić information content (AvgIpc) is 2.89. The third-order valence-electron chi connectivity index (χ3n) is 2.64. The van der Waals surface area contributed by atoms with Crippen LogP contribution in [0.1, 0.15) is 12.5 Å². The van der Waals surface area contributed by atoms with Gasteiger partial charge in [0.05, 0.1) is 11.7 Å². The van der Waals surface area contributed by atoms with Crippen LogP contribution >= 0.6 is 11.8 Å². The summed E-state index contributed by atoms with van der Waals surface area (Å²) in [4.78, 5) is 16.3. The molecule has 5 heteroatoms. The van der Waals surface area contributed by atoms with Crippen molar-refractivity contribution in [3.63, 3.8) is 0 Å². The molecule has 2 atom stereocenters. The molecule has 1 aromatic rings. The summed E-state index contributed by atoms with van der Waals surface area (Å²) in [6.07, 6.45) is 0. The molecule has 1 heterocycles. The van der Waals surface area contributed by atoms with E-state index in [0.29, 0.717) is 5.75 Å². The van der Waals surface area contributed by atoms with Crippen LogP contribution in [0.15, 0.2) is 35.3 Å². The van der Waals surface area contributed by atoms with E-state index in [4.69, 9.17) is 5.11 Å². The third kappa shape index (κ3) is 3.11. The zero-order valence-electron chi connectivity index (χ0n) is 10.2. The second kappa shape index (κ2) is 6.02. The number of nitrogens with zero attached hydrogens (tertiary/aromatic N) is 1. The van der Waals surface area contributed by atoms with E-state index in [2.05, 4.69) is 10.3 Å². The number of carbonyl (C=O) groups is 1. The first kappa shape index (κ1) is 13.1. The van der Waals surface area contributed by atoms with Crippen molar-refractivity contribution in [1.29, 1.82) is 0 Å². The lowest BCUT2D eigenvalue weighted by Crippen LogP contribution is -2.41. The average molecular weight is 264 g/mol. The number of hydrogen-bond acceptors (Lipinski definition) is 4. The van der Waals surface area contributed by atoms with Crippen molar-refractivity contribution in [2.45, 2.75) is 19.0 Å². The van der Waals surface area contributed by atoms with Crippen molar-refractivity contribution in [2.75, 3.05) is 12.4 Å². The molecule has 0 aliphatic carbocycles. The van der Waals surface area contributed by atoms with Crippen molar-refractivity contribution in [3.8, 4) is 0 Å². The maximum atomic E-state index is 11.8. The summed E-state index contributed by atoms with van der Waals surface area (Å²) in [5.41, 5.74) is 1.05. The number of aliphatic imine (C=N–C) groups is 1. The van der Waals surface area contributed by atoms with Gasteiger partial charge in [-0.1, -0.05) is 30.3 Å². The molecule has 0 saturated heterocycles. The minimum Gasteiger partial charge on any atom is -0.394 e. The van der Waals surface area contributed by atoms with E-state index in [-0.39, 0.29) is 24.6 Å². The molecule has 1 aromatic carbocycles. The van der Waals surface area contributed by atoms with E-state index >= 15 is 0 Å². The van der Waals surface area contributed by atoms with Gasteiger partial charge in [0.15, 0.2) is 0 Å². The molecule has 4 nitrogen and oxygen atoms in total. The van der Waals surface area contributed by atoms with Gasteiger partial charge in [-0.3, -0.25) is 9.79 Å². The normalized spacial score (nSPS) is 20.3. The van der Waals surface area contributed by atoms with Gasteiger partial charge in [0.25, 0.3) is 0 Å². The predicted octanol–water partition coefficient (Wildman–Crippen LogP) is 1.05. The highest BCUT2D eigenvalue weighted by molar-refractivity contribution is 8.14. The highest BCUT2D eigenvalue weighted by Gasteiger charge is 2.26. The smallest absolute Gasteiger partial charge is 0.246 e. The van der Waals surface area contributed by atoms with Crippen LogP contribution in [0.2, 0.25) is 0 Å². The van der Waals surface area contributed by atoms with Crippen LogP contribution in [0.3, 0.4) is 0 Å². The standard InChI is InChI=1S/C13H16N2O2S/c1-9(7-16)14-12(17)11-8-18-13(15-11)10-5-3-2-4-6-10/h2-6,9,11,16H,7-8H2,1H3,(H,14,17)/t9-,11?/m1/s1. The van der Waals surface area contributed by atoms with Crippen LogP contribution in [0.5, 0.6) is 0 Å². The SMILES string of the molecule is C[C@H](CO)NC(=O)C1CSC(c2ccccc2)=N1. The summed E-state index contributed by atoms with van der Waals surface area (Å²) in [5.74, 6) is 0.545. The number of aliphatic hydroxyl groups is 1. The number of hydrogen-bond donors (Lipinski definition) is 2. The van der Waals surface area contributed by atoms with Gasteiger partial charge in [0, 0.05) is 17.4 Å². The summed E-state index contributed by atoms with van der Waals surface area (Å²) in [5, 5.41) is 12.5. The van der Waals surface area contributed by atoms with Gasteiger partial charge >= 0.3 is 0 Å². The second-order valence-electron chi connectivity index (χ2n) is 4.22. The largest absolute Gasteiger partial charge is 0.394 e. The Balaban J connectivity index is 2.02. The number of amides is 1. The molecule has 0 bridgehead atoms. The lowest BCUT2D eigenvalue weighted by molar-refractivity contribution is -0.122. The maximum absolute atomic E-state index is 11.8. The molecular weight excluding hydrogens is 248 g/mol. The van der Waals surface area contributed by atoms with Gasteiger partial charge in [-0.15, -0.1) is 11.8 Å². The number of rotatable bonds is 4. The monoisotopic (exact) mass is 264 g/mol. The van der Waals surface area contributed by atoms with Crippen molar-refractivity contribution in [3.05, 3.63) is 35.9 Å². The Morgan fingerprint density at radius 2 is 2.28 bits per heavy atom. The van der Waals surface area contributed by atoms with Crippen LogP contribution in [-0.2, 0) is 4.79 Å². The predicted molar refractivity (Wildman–Crippen MR) is 73.9 cm³/mol. The first-order chi connectivity index (χ1) is 8.70. The molecule has 0 saturated carbocycles. The van der Waals surface area contributed by atoms with Gasteiger partial charge < -0.3 is 10.4 Å². The van der Waals surface area contributed by atoms with Crippen LogP contribution in [0, 0.1) is 0 Å². The van der Waals surface area contributed by atoms with E-state index in [1.807, 2.05) is 30.3 Å². The minimum absolute atomic E-state index is 0.0547. The Bertz CT molecular complexity index is 448. The molecule has 2 N–H and O–H groups in total. The van der Waals surface area contributed by atoms with E-state index in [1.165, 1.54) is 0 Å². The van der Waals surface area contributed by atoms with E-state index in [9.17, 15) is 4.79 Å². The molecule has 1 amide bonds. The summed E-state index contributed by atoms with van der Waals surface area (Å²) < 4.78 is 0. The lowest BCUT2D eigenvalue weighted by atomic mass is 10.2. The summed E-state index contributed by atoms with van der Waals surface area (Å²) >= 11 is 1.59. The van der Waals surface area contributed by atoms with E-state index < -0.39 is 0 Å². The van der Waals surface area contributed by atoms with Gasteiger partial charge in [-0.05, 0) is 6.92 Å². The summed E-state index contributed by atoms with van der Waals surface area (Å²) in [6, 6.07) is 9.28. The quantitative estimate of drug-likeness (QED) is 0.854. The molecule has 18 heavy (non-hydrogen) atoms. The van der Waals surface area contributed by atoms with Crippen molar-refractivity contribution >= 4 is 22.7 Å². The van der Waals surface area contributed by atoms with Crippen LogP contribution < -0.4 is 5.32 Å². The van der Waals surface area contributed by atoms with Crippen LogP contribution in [0.25, 0.3) is 0 Å². The fourth-order valence-electron chi connectivity index (χ4n) is 1.63. The Morgan fingerprint density at radius 1 is 1.56 bits per heavy atom. The molecule has 1 aliphatic heterocycles. The zero-order chi connectivity index (χ0) is 13.0. The number of benzene rings is 1. The van der Waals surface area contributed by atoms with Crippen LogP contribution in [-0.4, -0.2) is 40.5 Å². The summed E-state index contributed by atoms with van der Waals surface area (Å²) in [7, 11) is 0. The highest BCUT2D eigenvalue weighted by atomic mass is 32.2. The highest BCUT2D eigenvalue weighted by Crippen LogP contribution is 2.23. The molecule has 2 rings (SSSR count). The Hall–Kier alpha value is -1.33. The van der Waals surface area contributed by atoms with Crippen molar-refractivity contribution in [2.24, 2.45) is 4.99 Å². The van der Waals surface area contributed by atoms with Gasteiger partial charge in [0.2, 0.25) is 5.91 Å². The first-order valence-electron chi connectivity index (χ1n) is 5.88. The second-order valence-corrected chi connectivity index (χ2v) is 5.23. The van der Waals surface area contributed by atoms with Crippen molar-refractivity contribution < 1.29 is 9.90 Å². The molecular formula is C13H16N2O2S. The molecule has 96 valence electrons. The Morgan fingerprint density at radius 3 is 2.94 bits per heavy atom. The topological polar surface area (TPSA) is 61.7 Å². The molecule has 1 unspecified atom stereocenters. The van der Waals surface area contributed by atoms with Gasteiger partial charge in [0.1, 0.15) is 6.04 Å². The minimum atomic E-state index is -0.348. The zero-order valence-corrected chi connectivity index (χ0v) is 11.0. The molecule has 0 aromatic heterocycles. The molecule has 0 radical (unpaired) electrons. The molecule has 1 aliphatic rings. The van der Waals surface area contributed by atoms with Gasteiger partial charge in [-0.2, -0.15) is 0 Å². The number of carbonyl (C=O) groups excluding carboxylic acids is 1. The summed E-state index contributed by atoms with van der Waals surface area (Å²) in [6.45, 7) is 1.71. The van der Waals surface area contributed by atoms with E-state index in [0.717, 1.165) is 10.6 Å². The molecule has 0 fully saturated rings. The fourth-order valence-corrected chi connectivity index (χ4v) is 2.68. The Kier molecular flexibility index (Phi) is 4.38. The van der Waals surface area contributed by atoms with Crippen molar-refractivity contribution in [1.82, 2.24) is 5.32 Å².